The van der Waals surface area contributed by atoms with Gasteiger partial charge >= 0.3 is 0 Å². The Bertz CT molecular complexity index is 723. The van der Waals surface area contributed by atoms with Crippen LogP contribution in [0.3, 0.4) is 0 Å². The van der Waals surface area contributed by atoms with Crippen LogP contribution in [-0.2, 0) is 23.8 Å². The van der Waals surface area contributed by atoms with Crippen LogP contribution in [0.1, 0.15) is 38.5 Å². The Morgan fingerprint density at radius 1 is 0.704 bits per heavy atom. The molecule has 4 spiro atoms. The van der Waals surface area contributed by atoms with E-state index in [-0.39, 0.29) is 11.6 Å². The van der Waals surface area contributed by atoms with Crippen molar-refractivity contribution in [2.75, 3.05) is 0 Å². The minimum absolute atomic E-state index is 0.0577. The Labute approximate surface area is 157 Å². The number of aliphatic hydroxyl groups excluding tert-OH is 1. The van der Waals surface area contributed by atoms with Crippen molar-refractivity contribution in [3.8, 4) is 0 Å². The lowest BCUT2D eigenvalue weighted by Crippen LogP contribution is -2.54. The van der Waals surface area contributed by atoms with E-state index < -0.39 is 28.9 Å². The van der Waals surface area contributed by atoms with Crippen LogP contribution in [-0.4, -0.2) is 45.6 Å². The van der Waals surface area contributed by atoms with Crippen LogP contribution < -0.4 is 0 Å². The molecule has 6 nitrogen and oxygen atoms in total. The predicted molar refractivity (Wildman–Crippen MR) is 94.5 cm³/mol. The highest BCUT2D eigenvalue weighted by atomic mass is 16.8. The summed E-state index contributed by atoms with van der Waals surface area (Å²) in [5.74, 6) is -2.01. The molecule has 142 valence electrons. The lowest BCUT2D eigenvalue weighted by molar-refractivity contribution is -0.386. The fourth-order valence-electron chi connectivity index (χ4n) is 4.90. The molecule has 3 saturated heterocycles. The molecule has 2 aliphatic carbocycles. The van der Waals surface area contributed by atoms with E-state index in [9.17, 15) is 14.7 Å². The summed E-state index contributed by atoms with van der Waals surface area (Å²) in [6, 6.07) is 0. The molecule has 0 radical (unpaired) electrons. The van der Waals surface area contributed by atoms with E-state index >= 15 is 0 Å². The van der Waals surface area contributed by atoms with Gasteiger partial charge in [0.1, 0.15) is 11.2 Å². The summed E-state index contributed by atoms with van der Waals surface area (Å²) >= 11 is 0. The molecular formula is C21H22O6. The van der Waals surface area contributed by atoms with Crippen LogP contribution >= 0.6 is 0 Å². The minimum atomic E-state index is -0.948. The van der Waals surface area contributed by atoms with Gasteiger partial charge in [-0.2, -0.15) is 0 Å². The predicted octanol–water partition coefficient (Wildman–Crippen LogP) is 2.04. The first kappa shape index (κ1) is 17.3. The molecule has 1 unspecified atom stereocenters. The SMILES string of the molecule is O=C1C=CC2(C=C1)CC[C@]1(CC(O)C[C@@]3(CCC4(C=CC(=O)C=C4)O3)O1)O2. The van der Waals surface area contributed by atoms with E-state index in [0.717, 1.165) is 0 Å². The Kier molecular flexibility index (Phi) is 3.56. The van der Waals surface area contributed by atoms with Crippen molar-refractivity contribution in [3.05, 3.63) is 48.6 Å². The quantitative estimate of drug-likeness (QED) is 0.703. The van der Waals surface area contributed by atoms with Crippen LogP contribution in [0.5, 0.6) is 0 Å². The Morgan fingerprint density at radius 3 is 1.52 bits per heavy atom. The average Bonchev–Trinajstić information content (AvgIpc) is 3.12. The molecule has 0 bridgehead atoms. The van der Waals surface area contributed by atoms with Crippen molar-refractivity contribution in [2.45, 2.75) is 67.4 Å². The highest BCUT2D eigenvalue weighted by Gasteiger charge is 2.60. The van der Waals surface area contributed by atoms with Gasteiger partial charge in [0, 0.05) is 25.7 Å². The topological polar surface area (TPSA) is 82.1 Å². The maximum Gasteiger partial charge on any atom is 0.178 e. The number of aliphatic hydroxyl groups is 1. The van der Waals surface area contributed by atoms with E-state index in [1.807, 2.05) is 0 Å². The van der Waals surface area contributed by atoms with Gasteiger partial charge in [-0.15, -0.1) is 0 Å². The third kappa shape index (κ3) is 2.88. The number of carbonyl (C=O) groups excluding carboxylic acids is 2. The van der Waals surface area contributed by atoms with Crippen LogP contribution in [0.4, 0.5) is 0 Å². The normalized spacial score (nSPS) is 41.0. The second kappa shape index (κ2) is 5.58. The molecule has 5 rings (SSSR count). The minimum Gasteiger partial charge on any atom is -0.393 e. The van der Waals surface area contributed by atoms with Gasteiger partial charge in [0.05, 0.1) is 6.10 Å². The lowest BCUT2D eigenvalue weighted by Gasteiger charge is -2.47. The summed E-state index contributed by atoms with van der Waals surface area (Å²) in [6.45, 7) is 0. The first-order valence-electron chi connectivity index (χ1n) is 9.47. The Balaban J connectivity index is 1.40. The van der Waals surface area contributed by atoms with Gasteiger partial charge in [0.2, 0.25) is 0 Å². The maximum absolute atomic E-state index is 11.5. The van der Waals surface area contributed by atoms with Crippen LogP contribution in [0.25, 0.3) is 0 Å². The molecule has 0 aromatic heterocycles. The molecule has 0 amide bonds. The van der Waals surface area contributed by atoms with Crippen LogP contribution in [0, 0.1) is 0 Å². The smallest absolute Gasteiger partial charge is 0.178 e. The first-order chi connectivity index (χ1) is 12.8. The number of ketones is 2. The van der Waals surface area contributed by atoms with Crippen LogP contribution in [0.2, 0.25) is 0 Å². The van der Waals surface area contributed by atoms with Crippen molar-refractivity contribution in [3.63, 3.8) is 0 Å². The maximum atomic E-state index is 11.5. The summed E-state index contributed by atoms with van der Waals surface area (Å²) in [5.41, 5.74) is -1.33. The molecule has 6 heteroatoms. The molecular weight excluding hydrogens is 348 g/mol. The zero-order chi connectivity index (χ0) is 18.8. The van der Waals surface area contributed by atoms with Crippen molar-refractivity contribution in [1.82, 2.24) is 0 Å². The van der Waals surface area contributed by atoms with E-state index in [2.05, 4.69) is 0 Å². The molecule has 3 heterocycles. The number of hydrogen-bond acceptors (Lipinski definition) is 6. The number of hydrogen-bond donors (Lipinski definition) is 1. The fourth-order valence-corrected chi connectivity index (χ4v) is 4.90. The monoisotopic (exact) mass is 370 g/mol. The van der Waals surface area contributed by atoms with Crippen molar-refractivity contribution < 1.29 is 28.9 Å². The van der Waals surface area contributed by atoms with E-state index in [4.69, 9.17) is 14.2 Å². The summed E-state index contributed by atoms with van der Waals surface area (Å²) in [7, 11) is 0. The van der Waals surface area contributed by atoms with Gasteiger partial charge in [0.25, 0.3) is 0 Å². The van der Waals surface area contributed by atoms with Gasteiger partial charge in [-0.3, -0.25) is 9.59 Å². The summed E-state index contributed by atoms with van der Waals surface area (Å²) in [4.78, 5) is 22.9. The molecule has 27 heavy (non-hydrogen) atoms. The van der Waals surface area contributed by atoms with Crippen molar-refractivity contribution >= 4 is 11.6 Å². The molecule has 0 aromatic rings. The molecule has 1 N–H and O–H groups in total. The zero-order valence-corrected chi connectivity index (χ0v) is 14.9. The summed E-state index contributed by atoms with van der Waals surface area (Å²) < 4.78 is 19.1. The third-order valence-corrected chi connectivity index (χ3v) is 6.13. The standard InChI is InChI=1S/C21H22O6/c22-15-1-5-18(6-2-15)9-11-20(25-18)13-17(24)14-21(27-20)12-10-19(26-21)7-3-16(23)4-8-19/h1-8,17,24H,9-14H2/t17?,20-,21+. The highest BCUT2D eigenvalue weighted by molar-refractivity contribution is 6.01. The van der Waals surface area contributed by atoms with Gasteiger partial charge in [0.15, 0.2) is 23.1 Å². The average molecular weight is 370 g/mol. The summed E-state index contributed by atoms with van der Waals surface area (Å²) in [6.07, 6.45) is 15.9. The molecule has 3 atom stereocenters. The Morgan fingerprint density at radius 2 is 1.11 bits per heavy atom. The van der Waals surface area contributed by atoms with Crippen LogP contribution in [0.15, 0.2) is 48.6 Å². The van der Waals surface area contributed by atoms with E-state index in [0.29, 0.717) is 38.5 Å². The third-order valence-electron chi connectivity index (χ3n) is 6.13. The van der Waals surface area contributed by atoms with Gasteiger partial charge < -0.3 is 19.3 Å². The second-order valence-corrected chi connectivity index (χ2v) is 8.24. The molecule has 0 aromatic carbocycles. The lowest BCUT2D eigenvalue weighted by atomic mass is 9.90. The van der Waals surface area contributed by atoms with Crippen molar-refractivity contribution in [1.29, 1.82) is 0 Å². The zero-order valence-electron chi connectivity index (χ0n) is 14.9. The molecule has 3 fully saturated rings. The Hall–Kier alpha value is -1.86. The van der Waals surface area contributed by atoms with Gasteiger partial charge in [-0.1, -0.05) is 0 Å². The molecule has 5 aliphatic rings. The number of rotatable bonds is 0. The highest BCUT2D eigenvalue weighted by Crippen LogP contribution is 2.54. The number of ether oxygens (including phenoxy) is 3. The van der Waals surface area contributed by atoms with E-state index in [1.165, 1.54) is 24.3 Å². The van der Waals surface area contributed by atoms with Crippen molar-refractivity contribution in [2.24, 2.45) is 0 Å². The molecule has 3 aliphatic heterocycles. The fraction of sp³-hybridized carbons (Fsp3) is 0.524. The first-order valence-corrected chi connectivity index (χ1v) is 9.47. The van der Waals surface area contributed by atoms with E-state index in [1.54, 1.807) is 24.3 Å². The number of carbonyl (C=O) groups is 2. The summed E-state index contributed by atoms with van der Waals surface area (Å²) in [5, 5.41) is 10.6. The second-order valence-electron chi connectivity index (χ2n) is 8.24. The molecule has 0 saturated carbocycles. The van der Waals surface area contributed by atoms with Gasteiger partial charge in [-0.25, -0.2) is 0 Å². The van der Waals surface area contributed by atoms with Gasteiger partial charge in [-0.05, 0) is 61.4 Å². The largest absolute Gasteiger partial charge is 0.393 e. The number of allylic oxidation sites excluding steroid dienone is 4.